The molecule has 0 spiro atoms. The van der Waals surface area contributed by atoms with Gasteiger partial charge in [0.15, 0.2) is 0 Å². The molecule has 1 aliphatic rings. The first-order valence-electron chi connectivity index (χ1n) is 6.80. The summed E-state index contributed by atoms with van der Waals surface area (Å²) in [5.41, 5.74) is 0.619. The van der Waals surface area contributed by atoms with Crippen molar-refractivity contribution in [1.82, 2.24) is 4.90 Å². The van der Waals surface area contributed by atoms with Crippen molar-refractivity contribution in [2.75, 3.05) is 7.11 Å². The van der Waals surface area contributed by atoms with Gasteiger partial charge >= 0.3 is 0 Å². The van der Waals surface area contributed by atoms with Crippen molar-refractivity contribution in [3.8, 4) is 5.75 Å². The Labute approximate surface area is 158 Å². The summed E-state index contributed by atoms with van der Waals surface area (Å²) < 4.78 is 11.0. The molecule has 3 rings (SSSR count). The van der Waals surface area contributed by atoms with E-state index >= 15 is 0 Å². The van der Waals surface area contributed by atoms with Crippen molar-refractivity contribution in [3.05, 3.63) is 56.8 Å². The minimum atomic E-state index is -0.195. The van der Waals surface area contributed by atoms with Gasteiger partial charge in [0.05, 0.1) is 29.8 Å². The molecule has 1 fully saturated rings. The number of amides is 1. The Morgan fingerprint density at radius 3 is 2.88 bits per heavy atom. The van der Waals surface area contributed by atoms with Gasteiger partial charge in [-0.2, -0.15) is 0 Å². The van der Waals surface area contributed by atoms with Crippen LogP contribution in [0.5, 0.6) is 5.75 Å². The maximum absolute atomic E-state index is 12.6. The highest BCUT2D eigenvalue weighted by atomic mass is 35.5. The first-order valence-corrected chi connectivity index (χ1v) is 8.78. The molecular weight excluding hydrogens is 389 g/mol. The molecule has 0 bridgehead atoms. The van der Waals surface area contributed by atoms with Gasteiger partial charge in [-0.3, -0.25) is 9.69 Å². The van der Waals surface area contributed by atoms with Gasteiger partial charge in [0, 0.05) is 10.6 Å². The van der Waals surface area contributed by atoms with Crippen molar-refractivity contribution in [1.29, 1.82) is 0 Å². The third-order valence-corrected chi connectivity index (χ3v) is 5.17. The maximum Gasteiger partial charge on any atom is 0.266 e. The molecule has 1 aromatic heterocycles. The quantitative estimate of drug-likeness (QED) is 0.534. The molecule has 0 radical (unpaired) electrons. The third-order valence-electron chi connectivity index (χ3n) is 3.30. The molecule has 0 saturated carbocycles. The van der Waals surface area contributed by atoms with E-state index in [0.717, 1.165) is 0 Å². The van der Waals surface area contributed by atoms with E-state index in [9.17, 15) is 4.79 Å². The van der Waals surface area contributed by atoms with Crippen molar-refractivity contribution >= 4 is 63.5 Å². The number of nitrogens with zero attached hydrogens (tertiary/aromatic N) is 1. The van der Waals surface area contributed by atoms with Crippen molar-refractivity contribution in [2.24, 2.45) is 0 Å². The molecule has 1 aromatic carbocycles. The lowest BCUT2D eigenvalue weighted by atomic mass is 10.2. The summed E-state index contributed by atoms with van der Waals surface area (Å²) in [5.74, 6) is 0.924. The van der Waals surface area contributed by atoms with Crippen LogP contribution in [0.15, 0.2) is 39.9 Å². The molecule has 24 heavy (non-hydrogen) atoms. The van der Waals surface area contributed by atoms with E-state index in [0.29, 0.717) is 42.9 Å². The highest BCUT2D eigenvalue weighted by molar-refractivity contribution is 8.26. The van der Waals surface area contributed by atoms with E-state index in [1.54, 1.807) is 36.6 Å². The molecule has 124 valence electrons. The van der Waals surface area contributed by atoms with Gasteiger partial charge in [0.25, 0.3) is 5.91 Å². The number of furan rings is 1. The van der Waals surface area contributed by atoms with Gasteiger partial charge in [0.2, 0.25) is 0 Å². The molecule has 0 unspecified atom stereocenters. The molecular formula is C16H11Cl2NO3S2. The lowest BCUT2D eigenvalue weighted by Crippen LogP contribution is -2.27. The second-order valence-corrected chi connectivity index (χ2v) is 7.38. The molecule has 2 aromatic rings. The molecule has 2 heterocycles. The Hall–Kier alpha value is -1.47. The van der Waals surface area contributed by atoms with Crippen LogP contribution >= 0.6 is 47.2 Å². The van der Waals surface area contributed by atoms with Crippen LogP contribution in [-0.4, -0.2) is 22.2 Å². The Balaban J connectivity index is 1.92. The molecule has 1 aliphatic heterocycles. The summed E-state index contributed by atoms with van der Waals surface area (Å²) >= 11 is 18.7. The van der Waals surface area contributed by atoms with Crippen LogP contribution in [0.25, 0.3) is 6.08 Å². The van der Waals surface area contributed by atoms with Crippen LogP contribution < -0.4 is 4.74 Å². The summed E-state index contributed by atoms with van der Waals surface area (Å²) in [4.78, 5) is 14.6. The normalized spacial score (nSPS) is 16.3. The van der Waals surface area contributed by atoms with Crippen molar-refractivity contribution < 1.29 is 13.9 Å². The number of carbonyl (C=O) groups is 1. The molecule has 4 nitrogen and oxygen atoms in total. The summed E-state index contributed by atoms with van der Waals surface area (Å²) in [6.07, 6.45) is 3.24. The van der Waals surface area contributed by atoms with Crippen molar-refractivity contribution in [3.63, 3.8) is 0 Å². The van der Waals surface area contributed by atoms with Crippen LogP contribution in [0.2, 0.25) is 10.0 Å². The second-order valence-electron chi connectivity index (χ2n) is 4.86. The number of halogens is 2. The number of thioether (sulfide) groups is 1. The maximum atomic E-state index is 12.6. The number of hydrogen-bond donors (Lipinski definition) is 0. The zero-order chi connectivity index (χ0) is 17.3. The number of benzene rings is 1. The molecule has 0 N–H and O–H groups in total. The highest BCUT2D eigenvalue weighted by Crippen LogP contribution is 2.38. The average Bonchev–Trinajstić information content (AvgIpc) is 3.11. The minimum Gasteiger partial charge on any atom is -0.495 e. The highest BCUT2D eigenvalue weighted by Gasteiger charge is 2.32. The number of carbonyl (C=O) groups excluding carboxylic acids is 1. The van der Waals surface area contributed by atoms with Crippen molar-refractivity contribution in [2.45, 2.75) is 6.54 Å². The molecule has 0 aliphatic carbocycles. The Morgan fingerprint density at radius 2 is 2.21 bits per heavy atom. The van der Waals surface area contributed by atoms with E-state index in [1.807, 2.05) is 0 Å². The van der Waals surface area contributed by atoms with Crippen LogP contribution in [-0.2, 0) is 11.3 Å². The number of hydrogen-bond acceptors (Lipinski definition) is 5. The fourth-order valence-corrected chi connectivity index (χ4v) is 4.07. The smallest absolute Gasteiger partial charge is 0.266 e. The first-order chi connectivity index (χ1) is 11.5. The summed E-state index contributed by atoms with van der Waals surface area (Å²) in [6.45, 7) is 0.294. The molecule has 1 saturated heterocycles. The predicted molar refractivity (Wildman–Crippen MR) is 100 cm³/mol. The predicted octanol–water partition coefficient (Wildman–Crippen LogP) is 5.00. The minimum absolute atomic E-state index is 0.195. The first kappa shape index (κ1) is 17.4. The molecule has 0 atom stereocenters. The number of ether oxygens (including phenoxy) is 1. The number of thiocarbonyl (C=S) groups is 1. The van der Waals surface area contributed by atoms with Gasteiger partial charge in [-0.1, -0.05) is 47.2 Å². The van der Waals surface area contributed by atoms with Gasteiger partial charge in [-0.05, 0) is 30.3 Å². The topological polar surface area (TPSA) is 42.7 Å². The Kier molecular flexibility index (Phi) is 5.20. The van der Waals surface area contributed by atoms with Crippen LogP contribution in [0.3, 0.4) is 0 Å². The van der Waals surface area contributed by atoms with Gasteiger partial charge in [-0.25, -0.2) is 0 Å². The summed E-state index contributed by atoms with van der Waals surface area (Å²) in [6, 6.07) is 6.83. The lowest BCUT2D eigenvalue weighted by molar-refractivity contribution is -0.122. The standard InChI is InChI=1S/C16H11Cl2NO3S2/c1-21-14-9(5-10(17)7-12(14)18)6-13-15(20)19(16(23)24-13)8-11-3-2-4-22-11/h2-7H,8H2,1H3. The van der Waals surface area contributed by atoms with E-state index in [2.05, 4.69) is 0 Å². The molecule has 8 heteroatoms. The van der Waals surface area contributed by atoms with E-state index in [-0.39, 0.29) is 5.91 Å². The Bertz CT molecular complexity index is 834. The fourth-order valence-electron chi connectivity index (χ4n) is 2.24. The van der Waals surface area contributed by atoms with Gasteiger partial charge in [0.1, 0.15) is 15.8 Å². The van der Waals surface area contributed by atoms with Crippen LogP contribution in [0.1, 0.15) is 11.3 Å². The van der Waals surface area contributed by atoms with Crippen LogP contribution in [0.4, 0.5) is 0 Å². The number of rotatable bonds is 4. The largest absolute Gasteiger partial charge is 0.495 e. The SMILES string of the molecule is COc1c(Cl)cc(Cl)cc1C=C1SC(=S)N(Cc2ccco2)C1=O. The summed E-state index contributed by atoms with van der Waals surface area (Å²) in [7, 11) is 1.51. The average molecular weight is 400 g/mol. The zero-order valence-corrected chi connectivity index (χ0v) is 15.6. The second kappa shape index (κ2) is 7.19. The summed E-state index contributed by atoms with van der Waals surface area (Å²) in [5, 5.41) is 0.834. The van der Waals surface area contributed by atoms with E-state index in [1.165, 1.54) is 23.8 Å². The molecule has 1 amide bonds. The van der Waals surface area contributed by atoms with Gasteiger partial charge < -0.3 is 9.15 Å². The monoisotopic (exact) mass is 399 g/mol. The van der Waals surface area contributed by atoms with E-state index < -0.39 is 0 Å². The number of methoxy groups -OCH3 is 1. The fraction of sp³-hybridized carbons (Fsp3) is 0.125. The van der Waals surface area contributed by atoms with Gasteiger partial charge in [-0.15, -0.1) is 0 Å². The lowest BCUT2D eigenvalue weighted by Gasteiger charge is -2.12. The van der Waals surface area contributed by atoms with E-state index in [4.69, 9.17) is 44.6 Å². The van der Waals surface area contributed by atoms with Crippen LogP contribution in [0, 0.1) is 0 Å². The Morgan fingerprint density at radius 1 is 1.42 bits per heavy atom. The third kappa shape index (κ3) is 3.47. The zero-order valence-electron chi connectivity index (χ0n) is 12.4.